The molecule has 0 unspecified atom stereocenters. The van der Waals surface area contributed by atoms with Crippen molar-refractivity contribution < 1.29 is 0 Å². The Labute approximate surface area is 242 Å². The van der Waals surface area contributed by atoms with Crippen molar-refractivity contribution in [1.82, 2.24) is 0 Å². The predicted molar refractivity (Wildman–Crippen MR) is 166 cm³/mol. The second-order valence-corrected chi connectivity index (χ2v) is 11.7. The largest absolute Gasteiger partial charge is 0.310 e. The van der Waals surface area contributed by atoms with Crippen LogP contribution in [0.3, 0.4) is 0 Å². The molecule has 0 amide bonds. The molecule has 5 aromatic carbocycles. The molecule has 0 spiro atoms. The number of hydrogen-bond acceptors (Lipinski definition) is 7. The topological polar surface area (TPSA) is 98.4 Å². The van der Waals surface area contributed by atoms with Gasteiger partial charge in [0.2, 0.25) is 0 Å². The summed E-state index contributed by atoms with van der Waals surface area (Å²) in [7, 11) is 0. The molecule has 0 saturated carbocycles. The third-order valence-electron chi connectivity index (χ3n) is 7.19. The van der Waals surface area contributed by atoms with Gasteiger partial charge in [0.25, 0.3) is 0 Å². The number of nitriles is 4. The lowest BCUT2D eigenvalue weighted by Crippen LogP contribution is -2.10. The average Bonchev–Trinajstić information content (AvgIpc) is 3.57. The molecular weight excluding hydrogens is 543 g/mol. The maximum atomic E-state index is 9.76. The van der Waals surface area contributed by atoms with E-state index in [-0.39, 0.29) is 0 Å². The summed E-state index contributed by atoms with van der Waals surface area (Å²) < 4.78 is 4.27. The van der Waals surface area contributed by atoms with Gasteiger partial charge in [-0.2, -0.15) is 21.0 Å². The lowest BCUT2D eigenvalue weighted by Gasteiger charge is -2.26. The maximum Gasteiger partial charge on any atom is 0.101 e. The molecule has 188 valence electrons. The van der Waals surface area contributed by atoms with Crippen LogP contribution in [0, 0.1) is 45.3 Å². The van der Waals surface area contributed by atoms with Crippen molar-refractivity contribution in [3.05, 3.63) is 113 Å². The summed E-state index contributed by atoms with van der Waals surface area (Å²) in [6, 6.07) is 38.1. The van der Waals surface area contributed by atoms with Gasteiger partial charge in [0.1, 0.15) is 12.1 Å². The van der Waals surface area contributed by atoms with E-state index in [2.05, 4.69) is 65.6 Å². The molecule has 0 bridgehead atoms. The van der Waals surface area contributed by atoms with Crippen LogP contribution in [0.5, 0.6) is 0 Å². The smallest absolute Gasteiger partial charge is 0.101 e. The van der Waals surface area contributed by atoms with E-state index in [1.165, 1.54) is 0 Å². The van der Waals surface area contributed by atoms with Crippen LogP contribution in [0.25, 0.3) is 40.3 Å². The number of nitrogens with zero attached hydrogens (tertiary/aromatic N) is 5. The zero-order valence-electron chi connectivity index (χ0n) is 21.2. The third kappa shape index (κ3) is 3.94. The second kappa shape index (κ2) is 9.49. The van der Waals surface area contributed by atoms with Gasteiger partial charge in [-0.1, -0.05) is 24.3 Å². The van der Waals surface area contributed by atoms with Crippen molar-refractivity contribution >= 4 is 80.1 Å². The first-order valence-corrected chi connectivity index (χ1v) is 14.2. The van der Waals surface area contributed by atoms with Crippen LogP contribution in [0.2, 0.25) is 0 Å². The monoisotopic (exact) mass is 557 g/mol. The minimum Gasteiger partial charge on any atom is -0.310 e. The minimum absolute atomic E-state index is 0.314. The molecule has 0 saturated heterocycles. The van der Waals surface area contributed by atoms with Crippen molar-refractivity contribution in [2.75, 3.05) is 4.90 Å². The zero-order chi connectivity index (χ0) is 28.1. The van der Waals surface area contributed by atoms with Crippen LogP contribution in [-0.4, -0.2) is 0 Å². The van der Waals surface area contributed by atoms with Crippen LogP contribution in [-0.2, 0) is 0 Å². The molecule has 2 heterocycles. The maximum absolute atomic E-state index is 9.76. The molecule has 5 nitrogen and oxygen atoms in total. The van der Waals surface area contributed by atoms with Gasteiger partial charge >= 0.3 is 0 Å². The summed E-state index contributed by atoms with van der Waals surface area (Å²) >= 11 is 3.28. The van der Waals surface area contributed by atoms with E-state index in [1.807, 2.05) is 42.5 Å². The lowest BCUT2D eigenvalue weighted by atomic mass is 10.1. The van der Waals surface area contributed by atoms with E-state index in [4.69, 9.17) is 0 Å². The Hall–Kier alpha value is -5.70. The minimum atomic E-state index is 0.314. The normalized spacial score (nSPS) is 10.8. The highest BCUT2D eigenvalue weighted by Crippen LogP contribution is 2.43. The molecule has 2 aromatic heterocycles. The summed E-state index contributed by atoms with van der Waals surface area (Å²) in [6.45, 7) is 0. The zero-order valence-corrected chi connectivity index (χ0v) is 22.8. The summed E-state index contributed by atoms with van der Waals surface area (Å²) in [5.74, 6) is 0. The molecule has 0 aliphatic carbocycles. The molecule has 7 rings (SSSR count). The Bertz CT molecular complexity index is 2250. The predicted octanol–water partition coefficient (Wildman–Crippen LogP) is 9.38. The summed E-state index contributed by atoms with van der Waals surface area (Å²) in [6.07, 6.45) is 0. The van der Waals surface area contributed by atoms with Crippen LogP contribution < -0.4 is 4.90 Å². The van der Waals surface area contributed by atoms with Gasteiger partial charge in [-0.3, -0.25) is 0 Å². The Kier molecular flexibility index (Phi) is 5.64. The highest BCUT2D eigenvalue weighted by atomic mass is 32.1. The summed E-state index contributed by atoms with van der Waals surface area (Å²) in [5.41, 5.74) is 4.49. The van der Waals surface area contributed by atoms with E-state index in [0.29, 0.717) is 22.3 Å². The van der Waals surface area contributed by atoms with Gasteiger partial charge in [0.05, 0.1) is 34.4 Å². The van der Waals surface area contributed by atoms with Gasteiger partial charge in [0, 0.05) is 57.4 Å². The van der Waals surface area contributed by atoms with Crippen molar-refractivity contribution in [3.8, 4) is 24.3 Å². The number of hydrogen-bond donors (Lipinski definition) is 0. The molecule has 0 atom stereocenters. The Morgan fingerprint density at radius 3 is 1.29 bits per heavy atom. The molecular formula is C34H15N5S2. The van der Waals surface area contributed by atoms with Crippen molar-refractivity contribution in [3.63, 3.8) is 0 Å². The number of fused-ring (bicyclic) bond motifs is 6. The molecule has 7 aromatic rings. The average molecular weight is 558 g/mol. The fourth-order valence-corrected chi connectivity index (χ4v) is 7.61. The van der Waals surface area contributed by atoms with Crippen molar-refractivity contribution in [1.29, 1.82) is 21.0 Å². The Morgan fingerprint density at radius 2 is 0.829 bits per heavy atom. The molecule has 0 radical (unpaired) electrons. The van der Waals surface area contributed by atoms with E-state index in [1.54, 1.807) is 34.8 Å². The number of anilines is 3. The van der Waals surface area contributed by atoms with E-state index in [9.17, 15) is 21.0 Å². The van der Waals surface area contributed by atoms with E-state index in [0.717, 1.165) is 57.4 Å². The summed E-state index contributed by atoms with van der Waals surface area (Å²) in [5, 5.41) is 42.4. The van der Waals surface area contributed by atoms with E-state index >= 15 is 0 Å². The van der Waals surface area contributed by atoms with Crippen LogP contribution in [0.4, 0.5) is 17.1 Å². The fraction of sp³-hybridized carbons (Fsp3) is 0. The van der Waals surface area contributed by atoms with Gasteiger partial charge < -0.3 is 4.90 Å². The first-order valence-electron chi connectivity index (χ1n) is 12.6. The van der Waals surface area contributed by atoms with Gasteiger partial charge in [0.15, 0.2) is 0 Å². The lowest BCUT2D eigenvalue weighted by molar-refractivity contribution is 1.29. The van der Waals surface area contributed by atoms with Gasteiger partial charge in [-0.05, 0) is 66.7 Å². The van der Waals surface area contributed by atoms with Crippen LogP contribution in [0.1, 0.15) is 22.3 Å². The van der Waals surface area contributed by atoms with Crippen LogP contribution in [0.15, 0.2) is 91.0 Å². The fourth-order valence-electron chi connectivity index (χ4n) is 5.26. The molecule has 7 heteroatoms. The van der Waals surface area contributed by atoms with Crippen molar-refractivity contribution in [2.24, 2.45) is 0 Å². The standard InChI is InChI=1S/C34H15N5S2/c35-16-20-1-7-27-29-9-5-25(14-33(29)40-31(27)11-20)39(24-4-3-22(18-37)23(13-24)19-38)26-6-10-30-28-8-2-21(17-36)12-32(28)41-34(30)15-26/h1-15H. The third-order valence-corrected chi connectivity index (χ3v) is 9.42. The Morgan fingerprint density at radius 1 is 0.415 bits per heavy atom. The van der Waals surface area contributed by atoms with Gasteiger partial charge in [-0.25, -0.2) is 0 Å². The number of rotatable bonds is 3. The van der Waals surface area contributed by atoms with Crippen molar-refractivity contribution in [2.45, 2.75) is 0 Å². The molecule has 0 aliphatic heterocycles. The first-order chi connectivity index (χ1) is 20.1. The first kappa shape index (κ1) is 24.3. The van der Waals surface area contributed by atoms with Gasteiger partial charge in [-0.15, -0.1) is 22.7 Å². The van der Waals surface area contributed by atoms with E-state index < -0.39 is 0 Å². The SMILES string of the molecule is N#Cc1ccc2c(c1)sc1cc(N(c3ccc(C#N)c(C#N)c3)c3ccc4c(c3)sc3cc(C#N)ccc34)ccc12. The highest BCUT2D eigenvalue weighted by Gasteiger charge is 2.18. The van der Waals surface area contributed by atoms with Crippen LogP contribution >= 0.6 is 22.7 Å². The second-order valence-electron chi connectivity index (χ2n) is 9.50. The summed E-state index contributed by atoms with van der Waals surface area (Å²) in [4.78, 5) is 2.09. The highest BCUT2D eigenvalue weighted by molar-refractivity contribution is 7.26. The molecule has 0 fully saturated rings. The molecule has 0 aliphatic rings. The number of thiophene rings is 2. The molecule has 0 N–H and O–H groups in total. The quantitative estimate of drug-likeness (QED) is 0.215. The number of benzene rings is 5. The Balaban J connectivity index is 1.45. The molecule has 41 heavy (non-hydrogen) atoms.